The molecule has 2 amide bonds. The minimum Gasteiger partial charge on any atom is -0.342 e. The summed E-state index contributed by atoms with van der Waals surface area (Å²) in [6, 6.07) is 6.10. The molecular formula is C23H27FN4O2. The van der Waals surface area contributed by atoms with Gasteiger partial charge in [0.05, 0.1) is 12.1 Å². The van der Waals surface area contributed by atoms with E-state index in [0.717, 1.165) is 55.0 Å². The smallest absolute Gasteiger partial charge is 0.229 e. The van der Waals surface area contributed by atoms with Gasteiger partial charge in [-0.2, -0.15) is 0 Å². The molecule has 1 aromatic carbocycles. The number of anilines is 1. The number of para-hydroxylation sites is 1. The van der Waals surface area contributed by atoms with Crippen molar-refractivity contribution in [3.63, 3.8) is 0 Å². The van der Waals surface area contributed by atoms with Crippen LogP contribution < -0.4 is 5.32 Å². The van der Waals surface area contributed by atoms with Crippen LogP contribution in [-0.4, -0.2) is 39.8 Å². The number of aromatic nitrogens is 2. The number of hydrogen-bond acceptors (Lipinski definition) is 4. The Morgan fingerprint density at radius 1 is 1.13 bits per heavy atom. The van der Waals surface area contributed by atoms with Crippen LogP contribution in [0.3, 0.4) is 0 Å². The monoisotopic (exact) mass is 410 g/mol. The maximum absolute atomic E-state index is 13.8. The summed E-state index contributed by atoms with van der Waals surface area (Å²) in [5, 5.41) is 2.61. The second kappa shape index (κ2) is 8.50. The van der Waals surface area contributed by atoms with E-state index in [-0.39, 0.29) is 35.8 Å². The first-order valence-electron chi connectivity index (χ1n) is 10.6. The van der Waals surface area contributed by atoms with Crippen molar-refractivity contribution in [1.29, 1.82) is 0 Å². The molecule has 2 fully saturated rings. The number of halogens is 1. The zero-order valence-corrected chi connectivity index (χ0v) is 17.4. The number of amides is 2. The summed E-state index contributed by atoms with van der Waals surface area (Å²) in [6.45, 7) is 5.24. The minimum atomic E-state index is -0.464. The Hall–Kier alpha value is -2.83. The van der Waals surface area contributed by atoms with E-state index in [9.17, 15) is 14.0 Å². The molecule has 1 saturated carbocycles. The molecule has 158 valence electrons. The highest BCUT2D eigenvalue weighted by Crippen LogP contribution is 2.34. The number of benzene rings is 1. The second-order valence-corrected chi connectivity index (χ2v) is 8.33. The fourth-order valence-electron chi connectivity index (χ4n) is 4.10. The zero-order chi connectivity index (χ0) is 21.3. The van der Waals surface area contributed by atoms with Gasteiger partial charge in [-0.25, -0.2) is 14.4 Å². The van der Waals surface area contributed by atoms with Crippen molar-refractivity contribution in [3.8, 4) is 0 Å². The van der Waals surface area contributed by atoms with Crippen LogP contribution in [0.5, 0.6) is 0 Å². The van der Waals surface area contributed by atoms with Gasteiger partial charge in [-0.15, -0.1) is 0 Å². The Bertz CT molecular complexity index is 950. The highest BCUT2D eigenvalue weighted by molar-refractivity contribution is 5.92. The SMILES string of the molecule is Cc1nc([C@H]2CCCN(C(=O)C3CC3)C2)nc(C)c1CC(=O)Nc1ccccc1F. The van der Waals surface area contributed by atoms with Gasteiger partial charge in [-0.3, -0.25) is 9.59 Å². The van der Waals surface area contributed by atoms with Gasteiger partial charge in [0.15, 0.2) is 0 Å². The van der Waals surface area contributed by atoms with E-state index in [4.69, 9.17) is 0 Å². The summed E-state index contributed by atoms with van der Waals surface area (Å²) in [5.74, 6) is 0.602. The summed E-state index contributed by atoms with van der Waals surface area (Å²) in [4.78, 5) is 36.2. The standard InChI is InChI=1S/C23H27FN4O2/c1-14-18(12-21(29)27-20-8-4-3-7-19(20)24)15(2)26-22(25-14)17-6-5-11-28(13-17)23(30)16-9-10-16/h3-4,7-8,16-17H,5-6,9-13H2,1-2H3,(H,27,29)/t17-/m0/s1. The van der Waals surface area contributed by atoms with Gasteiger partial charge in [-0.05, 0) is 51.7 Å². The van der Waals surface area contributed by atoms with Crippen LogP contribution in [0.25, 0.3) is 0 Å². The Balaban J connectivity index is 1.45. The number of hydrogen-bond donors (Lipinski definition) is 1. The molecule has 2 heterocycles. The molecule has 1 aliphatic carbocycles. The van der Waals surface area contributed by atoms with E-state index in [2.05, 4.69) is 15.3 Å². The topological polar surface area (TPSA) is 75.2 Å². The van der Waals surface area contributed by atoms with Crippen molar-refractivity contribution < 1.29 is 14.0 Å². The molecule has 1 saturated heterocycles. The summed E-state index contributed by atoms with van der Waals surface area (Å²) >= 11 is 0. The molecule has 30 heavy (non-hydrogen) atoms. The lowest BCUT2D eigenvalue weighted by atomic mass is 9.96. The highest BCUT2D eigenvalue weighted by atomic mass is 19.1. The molecule has 4 rings (SSSR count). The molecule has 1 atom stereocenters. The number of nitrogens with one attached hydrogen (secondary N) is 1. The first-order valence-corrected chi connectivity index (χ1v) is 10.6. The predicted molar refractivity (Wildman–Crippen MR) is 112 cm³/mol. The first-order chi connectivity index (χ1) is 14.4. The molecule has 0 unspecified atom stereocenters. The summed E-state index contributed by atoms with van der Waals surface area (Å²) in [7, 11) is 0. The van der Waals surface area contributed by atoms with Crippen LogP contribution in [0.15, 0.2) is 24.3 Å². The molecular weight excluding hydrogens is 383 g/mol. The van der Waals surface area contributed by atoms with E-state index in [1.807, 2.05) is 18.7 Å². The van der Waals surface area contributed by atoms with Crippen molar-refractivity contribution in [2.45, 2.75) is 51.9 Å². The number of piperidine rings is 1. The van der Waals surface area contributed by atoms with Gasteiger partial charge >= 0.3 is 0 Å². The van der Waals surface area contributed by atoms with E-state index in [1.54, 1.807) is 12.1 Å². The van der Waals surface area contributed by atoms with E-state index >= 15 is 0 Å². The average Bonchev–Trinajstić information content (AvgIpc) is 3.57. The van der Waals surface area contributed by atoms with Crippen molar-refractivity contribution in [3.05, 3.63) is 52.9 Å². The highest BCUT2D eigenvalue weighted by Gasteiger charge is 2.36. The average molecular weight is 410 g/mol. The zero-order valence-electron chi connectivity index (χ0n) is 17.4. The molecule has 0 spiro atoms. The third-order valence-electron chi connectivity index (χ3n) is 5.95. The Kier molecular flexibility index (Phi) is 5.79. The van der Waals surface area contributed by atoms with Crippen molar-refractivity contribution in [2.75, 3.05) is 18.4 Å². The predicted octanol–water partition coefficient (Wildman–Crippen LogP) is 3.53. The number of carbonyl (C=O) groups excluding carboxylic acids is 2. The van der Waals surface area contributed by atoms with Gasteiger partial charge in [0.1, 0.15) is 11.6 Å². The number of rotatable bonds is 5. The minimum absolute atomic E-state index is 0.0865. The fraction of sp³-hybridized carbons (Fsp3) is 0.478. The van der Waals surface area contributed by atoms with E-state index in [1.165, 1.54) is 12.1 Å². The Morgan fingerprint density at radius 3 is 2.50 bits per heavy atom. The van der Waals surface area contributed by atoms with Crippen LogP contribution in [0.4, 0.5) is 10.1 Å². The van der Waals surface area contributed by atoms with Gasteiger partial charge in [0, 0.05) is 41.9 Å². The summed E-state index contributed by atoms with van der Waals surface area (Å²) in [5.41, 5.74) is 2.44. The molecule has 0 radical (unpaired) electrons. The molecule has 2 aliphatic rings. The lowest BCUT2D eigenvalue weighted by Gasteiger charge is -2.32. The van der Waals surface area contributed by atoms with Crippen molar-refractivity contribution in [1.82, 2.24) is 14.9 Å². The summed E-state index contributed by atoms with van der Waals surface area (Å²) in [6.07, 6.45) is 4.03. The second-order valence-electron chi connectivity index (χ2n) is 8.33. The van der Waals surface area contributed by atoms with Crippen LogP contribution in [-0.2, 0) is 16.0 Å². The number of nitrogens with zero attached hydrogens (tertiary/aromatic N) is 3. The van der Waals surface area contributed by atoms with Crippen molar-refractivity contribution >= 4 is 17.5 Å². The van der Waals surface area contributed by atoms with Gasteiger partial charge < -0.3 is 10.2 Å². The van der Waals surface area contributed by atoms with Crippen LogP contribution >= 0.6 is 0 Å². The van der Waals surface area contributed by atoms with Crippen molar-refractivity contribution in [2.24, 2.45) is 5.92 Å². The molecule has 6 nitrogen and oxygen atoms in total. The van der Waals surface area contributed by atoms with E-state index in [0.29, 0.717) is 6.54 Å². The van der Waals surface area contributed by atoms with Gasteiger partial charge in [0.25, 0.3) is 0 Å². The third kappa shape index (κ3) is 4.50. The number of carbonyl (C=O) groups is 2. The molecule has 1 aliphatic heterocycles. The van der Waals surface area contributed by atoms with E-state index < -0.39 is 5.82 Å². The molecule has 2 aromatic rings. The maximum atomic E-state index is 13.8. The van der Waals surface area contributed by atoms with Gasteiger partial charge in [-0.1, -0.05) is 12.1 Å². The third-order valence-corrected chi connectivity index (χ3v) is 5.95. The molecule has 1 aromatic heterocycles. The Morgan fingerprint density at radius 2 is 1.83 bits per heavy atom. The number of aryl methyl sites for hydroxylation is 2. The van der Waals surface area contributed by atoms with Crippen LogP contribution in [0, 0.1) is 25.6 Å². The molecule has 0 bridgehead atoms. The van der Waals surface area contributed by atoms with Crippen LogP contribution in [0.1, 0.15) is 54.4 Å². The maximum Gasteiger partial charge on any atom is 0.229 e. The first kappa shape index (κ1) is 20.4. The largest absolute Gasteiger partial charge is 0.342 e. The number of likely N-dealkylation sites (tertiary alicyclic amines) is 1. The van der Waals surface area contributed by atoms with Gasteiger partial charge in [0.2, 0.25) is 11.8 Å². The lowest BCUT2D eigenvalue weighted by molar-refractivity contribution is -0.133. The summed E-state index contributed by atoms with van der Waals surface area (Å²) < 4.78 is 13.8. The Labute approximate surface area is 175 Å². The molecule has 1 N–H and O–H groups in total. The quantitative estimate of drug-likeness (QED) is 0.818. The normalized spacial score (nSPS) is 18.9. The lowest BCUT2D eigenvalue weighted by Crippen LogP contribution is -2.40. The fourth-order valence-corrected chi connectivity index (χ4v) is 4.10. The molecule has 7 heteroatoms. The van der Waals surface area contributed by atoms with Crippen LogP contribution in [0.2, 0.25) is 0 Å².